The molecule has 0 unspecified atom stereocenters. The Morgan fingerprint density at radius 1 is 1.19 bits per heavy atom. The Morgan fingerprint density at radius 3 is 2.29 bits per heavy atom. The summed E-state index contributed by atoms with van der Waals surface area (Å²) in [5.74, 6) is 0. The van der Waals surface area contributed by atoms with Crippen LogP contribution in [0.2, 0.25) is 0 Å². The third kappa shape index (κ3) is 3.69. The SMILES string of the molecule is CCCNC(=O)N1[C@H](C)CN(c2ccc(C)cc2)C[C@@H]1C. The summed E-state index contributed by atoms with van der Waals surface area (Å²) in [7, 11) is 0. The van der Waals surface area contributed by atoms with Gasteiger partial charge in [0.2, 0.25) is 0 Å². The van der Waals surface area contributed by atoms with E-state index in [0.717, 1.165) is 26.1 Å². The second-order valence-corrected chi connectivity index (χ2v) is 6.08. The number of hydrogen-bond acceptors (Lipinski definition) is 2. The number of benzene rings is 1. The van der Waals surface area contributed by atoms with E-state index in [2.05, 4.69) is 62.2 Å². The molecule has 1 N–H and O–H groups in total. The Kier molecular flexibility index (Phi) is 5.10. The number of piperazine rings is 1. The van der Waals surface area contributed by atoms with E-state index in [1.807, 2.05) is 4.90 Å². The Labute approximate surface area is 128 Å². The van der Waals surface area contributed by atoms with E-state index in [9.17, 15) is 4.79 Å². The molecule has 0 aliphatic carbocycles. The summed E-state index contributed by atoms with van der Waals surface area (Å²) in [6, 6.07) is 9.12. The van der Waals surface area contributed by atoms with Crippen LogP contribution in [0.1, 0.15) is 32.8 Å². The van der Waals surface area contributed by atoms with Crippen LogP contribution in [0, 0.1) is 6.92 Å². The first-order valence-electron chi connectivity index (χ1n) is 7.90. The molecule has 0 spiro atoms. The third-order valence-corrected chi connectivity index (χ3v) is 4.08. The molecule has 4 heteroatoms. The van der Waals surface area contributed by atoms with Gasteiger partial charge in [-0.2, -0.15) is 0 Å². The smallest absolute Gasteiger partial charge is 0.318 e. The first kappa shape index (κ1) is 15.7. The van der Waals surface area contributed by atoms with Crippen LogP contribution < -0.4 is 10.2 Å². The summed E-state index contributed by atoms with van der Waals surface area (Å²) in [6.07, 6.45) is 0.970. The van der Waals surface area contributed by atoms with Crippen LogP contribution in [0.15, 0.2) is 24.3 Å². The zero-order valence-electron chi connectivity index (χ0n) is 13.6. The predicted molar refractivity (Wildman–Crippen MR) is 87.8 cm³/mol. The van der Waals surface area contributed by atoms with Crippen LogP contribution >= 0.6 is 0 Å². The summed E-state index contributed by atoms with van der Waals surface area (Å²) in [5, 5.41) is 2.99. The minimum Gasteiger partial charge on any atom is -0.367 e. The topological polar surface area (TPSA) is 35.6 Å². The average molecular weight is 289 g/mol. The van der Waals surface area contributed by atoms with Crippen LogP contribution in [0.4, 0.5) is 10.5 Å². The Hall–Kier alpha value is -1.71. The van der Waals surface area contributed by atoms with Gasteiger partial charge in [0.25, 0.3) is 0 Å². The normalized spacial score (nSPS) is 22.3. The fourth-order valence-electron chi connectivity index (χ4n) is 3.01. The molecule has 1 saturated heterocycles. The Morgan fingerprint density at radius 2 is 1.76 bits per heavy atom. The van der Waals surface area contributed by atoms with Crippen molar-refractivity contribution in [3.63, 3.8) is 0 Å². The van der Waals surface area contributed by atoms with Gasteiger partial charge >= 0.3 is 6.03 Å². The number of hydrogen-bond donors (Lipinski definition) is 1. The number of carbonyl (C=O) groups excluding carboxylic acids is 1. The fraction of sp³-hybridized carbons (Fsp3) is 0.588. The van der Waals surface area contributed by atoms with E-state index in [4.69, 9.17) is 0 Å². The van der Waals surface area contributed by atoms with Gasteiger partial charge < -0.3 is 15.1 Å². The molecule has 21 heavy (non-hydrogen) atoms. The molecule has 2 atom stereocenters. The maximum absolute atomic E-state index is 12.3. The van der Waals surface area contributed by atoms with Gasteiger partial charge in [-0.3, -0.25) is 0 Å². The lowest BCUT2D eigenvalue weighted by atomic mass is 10.1. The second-order valence-electron chi connectivity index (χ2n) is 6.08. The maximum Gasteiger partial charge on any atom is 0.318 e. The molecule has 1 heterocycles. The fourth-order valence-corrected chi connectivity index (χ4v) is 3.01. The van der Waals surface area contributed by atoms with Gasteiger partial charge in [0.1, 0.15) is 0 Å². The predicted octanol–water partition coefficient (Wildman–Crippen LogP) is 3.01. The van der Waals surface area contributed by atoms with Crippen molar-refractivity contribution >= 4 is 11.7 Å². The minimum atomic E-state index is 0.0698. The van der Waals surface area contributed by atoms with Gasteiger partial charge in [0, 0.05) is 37.4 Å². The first-order chi connectivity index (χ1) is 10.0. The molecule has 0 saturated carbocycles. The average Bonchev–Trinajstić information content (AvgIpc) is 2.45. The third-order valence-electron chi connectivity index (χ3n) is 4.08. The molecule has 2 amide bonds. The van der Waals surface area contributed by atoms with Crippen molar-refractivity contribution in [1.82, 2.24) is 10.2 Å². The number of anilines is 1. The van der Waals surface area contributed by atoms with Crippen molar-refractivity contribution in [1.29, 1.82) is 0 Å². The van der Waals surface area contributed by atoms with Crippen LogP contribution in [0.5, 0.6) is 0 Å². The molecule has 1 aromatic rings. The van der Waals surface area contributed by atoms with E-state index in [-0.39, 0.29) is 18.1 Å². The monoisotopic (exact) mass is 289 g/mol. The van der Waals surface area contributed by atoms with Crippen molar-refractivity contribution in [2.75, 3.05) is 24.5 Å². The first-order valence-corrected chi connectivity index (χ1v) is 7.90. The van der Waals surface area contributed by atoms with Gasteiger partial charge in [-0.25, -0.2) is 4.79 Å². The van der Waals surface area contributed by atoms with Crippen molar-refractivity contribution in [2.24, 2.45) is 0 Å². The summed E-state index contributed by atoms with van der Waals surface area (Å²) < 4.78 is 0. The highest BCUT2D eigenvalue weighted by molar-refractivity contribution is 5.75. The molecule has 0 radical (unpaired) electrons. The van der Waals surface area contributed by atoms with E-state index in [0.29, 0.717) is 0 Å². The molecular weight excluding hydrogens is 262 g/mol. The Bertz CT molecular complexity index is 459. The van der Waals surface area contributed by atoms with Crippen LogP contribution in [0.25, 0.3) is 0 Å². The summed E-state index contributed by atoms with van der Waals surface area (Å²) >= 11 is 0. The van der Waals surface area contributed by atoms with Gasteiger partial charge in [-0.15, -0.1) is 0 Å². The van der Waals surface area contributed by atoms with Gasteiger partial charge in [0.05, 0.1) is 0 Å². The number of urea groups is 1. The molecule has 1 aliphatic rings. The van der Waals surface area contributed by atoms with Crippen LogP contribution in [0.3, 0.4) is 0 Å². The lowest BCUT2D eigenvalue weighted by molar-refractivity contribution is 0.142. The number of nitrogens with one attached hydrogen (secondary N) is 1. The van der Waals surface area contributed by atoms with Gasteiger partial charge in [0.15, 0.2) is 0 Å². The van der Waals surface area contributed by atoms with E-state index < -0.39 is 0 Å². The number of nitrogens with zero attached hydrogens (tertiary/aromatic N) is 2. The molecule has 2 rings (SSSR count). The lowest BCUT2D eigenvalue weighted by Crippen LogP contribution is -2.61. The highest BCUT2D eigenvalue weighted by Gasteiger charge is 2.32. The maximum atomic E-state index is 12.3. The van der Waals surface area contributed by atoms with Crippen molar-refractivity contribution < 1.29 is 4.79 Å². The number of amides is 2. The standard InChI is InChI=1S/C17H27N3O/c1-5-10-18-17(21)20-14(3)11-19(12-15(20)4)16-8-6-13(2)7-9-16/h6-9,14-15H,5,10-12H2,1-4H3,(H,18,21)/t14-,15+. The second kappa shape index (κ2) is 6.83. The number of rotatable bonds is 3. The van der Waals surface area contributed by atoms with Crippen LogP contribution in [-0.2, 0) is 0 Å². The van der Waals surface area contributed by atoms with Gasteiger partial charge in [-0.1, -0.05) is 24.6 Å². The highest BCUT2D eigenvalue weighted by atomic mass is 16.2. The van der Waals surface area contributed by atoms with Crippen molar-refractivity contribution in [3.05, 3.63) is 29.8 Å². The van der Waals surface area contributed by atoms with Gasteiger partial charge in [-0.05, 0) is 39.3 Å². The van der Waals surface area contributed by atoms with Crippen LogP contribution in [-0.4, -0.2) is 42.6 Å². The summed E-state index contributed by atoms with van der Waals surface area (Å²) in [5.41, 5.74) is 2.52. The number of aryl methyl sites for hydroxylation is 1. The zero-order chi connectivity index (χ0) is 15.4. The van der Waals surface area contributed by atoms with Crippen molar-refractivity contribution in [2.45, 2.75) is 46.2 Å². The van der Waals surface area contributed by atoms with E-state index >= 15 is 0 Å². The zero-order valence-corrected chi connectivity index (χ0v) is 13.6. The molecule has 0 bridgehead atoms. The molecule has 1 aromatic carbocycles. The molecule has 4 nitrogen and oxygen atoms in total. The lowest BCUT2D eigenvalue weighted by Gasteiger charge is -2.45. The molecule has 116 valence electrons. The molecule has 1 fully saturated rings. The summed E-state index contributed by atoms with van der Waals surface area (Å²) in [4.78, 5) is 16.6. The van der Waals surface area contributed by atoms with E-state index in [1.54, 1.807) is 0 Å². The van der Waals surface area contributed by atoms with E-state index in [1.165, 1.54) is 11.3 Å². The Balaban J connectivity index is 2.04. The van der Waals surface area contributed by atoms with Crippen molar-refractivity contribution in [3.8, 4) is 0 Å². The number of carbonyl (C=O) groups is 1. The molecule has 1 aliphatic heterocycles. The summed E-state index contributed by atoms with van der Waals surface area (Å²) in [6.45, 7) is 10.9. The minimum absolute atomic E-state index is 0.0698. The molecular formula is C17H27N3O. The molecule has 0 aromatic heterocycles. The quantitative estimate of drug-likeness (QED) is 0.928. The highest BCUT2D eigenvalue weighted by Crippen LogP contribution is 2.22. The largest absolute Gasteiger partial charge is 0.367 e.